The van der Waals surface area contributed by atoms with Crippen molar-refractivity contribution in [1.82, 2.24) is 9.71 Å². The second-order valence-electron chi connectivity index (χ2n) is 3.96. The van der Waals surface area contributed by atoms with Gasteiger partial charge >= 0.3 is 0 Å². The van der Waals surface area contributed by atoms with Crippen LogP contribution in [0.1, 0.15) is 5.56 Å². The number of halogens is 2. The molecular formula is C12H11F2N3O2S. The zero-order chi connectivity index (χ0) is 14.8. The van der Waals surface area contributed by atoms with Crippen LogP contribution in [0.2, 0.25) is 0 Å². The molecule has 0 spiro atoms. The summed E-state index contributed by atoms with van der Waals surface area (Å²) in [6.45, 7) is -0.329. The second kappa shape index (κ2) is 5.51. The summed E-state index contributed by atoms with van der Waals surface area (Å²) in [5.74, 6) is -1.57. The van der Waals surface area contributed by atoms with E-state index in [1.165, 1.54) is 18.3 Å². The van der Waals surface area contributed by atoms with E-state index in [1.807, 2.05) is 0 Å². The van der Waals surface area contributed by atoms with Crippen molar-refractivity contribution in [3.05, 3.63) is 53.7 Å². The van der Waals surface area contributed by atoms with Gasteiger partial charge < -0.3 is 5.73 Å². The van der Waals surface area contributed by atoms with Crippen molar-refractivity contribution in [3.8, 4) is 0 Å². The predicted octanol–water partition coefficient (Wildman–Crippen LogP) is 1.42. The molecule has 0 bridgehead atoms. The van der Waals surface area contributed by atoms with Crippen LogP contribution in [0.3, 0.4) is 0 Å². The molecule has 106 valence electrons. The van der Waals surface area contributed by atoms with E-state index in [-0.39, 0.29) is 22.8 Å². The summed E-state index contributed by atoms with van der Waals surface area (Å²) in [5, 5.41) is -0.331. The number of anilines is 1. The largest absolute Gasteiger partial charge is 0.396 e. The molecule has 2 aromatic rings. The van der Waals surface area contributed by atoms with Crippen molar-refractivity contribution in [2.24, 2.45) is 0 Å². The quantitative estimate of drug-likeness (QED) is 0.894. The van der Waals surface area contributed by atoms with Crippen molar-refractivity contribution in [1.29, 1.82) is 0 Å². The van der Waals surface area contributed by atoms with Crippen molar-refractivity contribution < 1.29 is 17.2 Å². The monoisotopic (exact) mass is 299 g/mol. The Kier molecular flexibility index (Phi) is 3.96. The van der Waals surface area contributed by atoms with E-state index < -0.39 is 21.7 Å². The minimum atomic E-state index is -3.96. The first-order valence-corrected chi connectivity index (χ1v) is 7.02. The van der Waals surface area contributed by atoms with Gasteiger partial charge in [0.2, 0.25) is 0 Å². The Morgan fingerprint density at radius 1 is 1.25 bits per heavy atom. The first-order valence-electron chi connectivity index (χ1n) is 5.54. The van der Waals surface area contributed by atoms with Gasteiger partial charge in [0.05, 0.1) is 5.69 Å². The lowest BCUT2D eigenvalue weighted by atomic mass is 10.2. The maximum atomic E-state index is 13.4. The van der Waals surface area contributed by atoms with Crippen LogP contribution in [0.25, 0.3) is 0 Å². The molecule has 0 unspecified atom stereocenters. The molecule has 8 heteroatoms. The topological polar surface area (TPSA) is 85.1 Å². The highest BCUT2D eigenvalue weighted by Gasteiger charge is 2.19. The van der Waals surface area contributed by atoms with E-state index in [2.05, 4.69) is 9.71 Å². The SMILES string of the molecule is Nc1cccnc1S(=O)(=O)NCc1ccc(F)cc1F. The molecule has 0 aliphatic carbocycles. The number of hydrogen-bond donors (Lipinski definition) is 2. The van der Waals surface area contributed by atoms with Crippen LogP contribution in [-0.2, 0) is 16.6 Å². The van der Waals surface area contributed by atoms with Gasteiger partial charge in [-0.1, -0.05) is 6.07 Å². The van der Waals surface area contributed by atoms with Crippen molar-refractivity contribution in [3.63, 3.8) is 0 Å². The standard InChI is InChI=1S/C12H11F2N3O2S/c13-9-4-3-8(10(14)6-9)7-17-20(18,19)12-11(15)2-1-5-16-12/h1-6,17H,7,15H2. The van der Waals surface area contributed by atoms with Crippen LogP contribution in [0.4, 0.5) is 14.5 Å². The zero-order valence-corrected chi connectivity index (χ0v) is 11.0. The minimum absolute atomic E-state index is 0.0143. The number of nitrogens with zero attached hydrogens (tertiary/aromatic N) is 1. The molecule has 1 aromatic carbocycles. The number of nitrogens with two attached hydrogens (primary N) is 1. The molecule has 0 aliphatic heterocycles. The first-order chi connectivity index (χ1) is 9.40. The lowest BCUT2D eigenvalue weighted by molar-refractivity contribution is 0.561. The molecule has 2 rings (SSSR count). The van der Waals surface area contributed by atoms with Gasteiger partial charge in [0.15, 0.2) is 5.03 Å². The lowest BCUT2D eigenvalue weighted by Gasteiger charge is -2.08. The van der Waals surface area contributed by atoms with E-state index in [9.17, 15) is 17.2 Å². The zero-order valence-electron chi connectivity index (χ0n) is 10.2. The average Bonchev–Trinajstić information content (AvgIpc) is 2.38. The summed E-state index contributed by atoms with van der Waals surface area (Å²) >= 11 is 0. The van der Waals surface area contributed by atoms with Gasteiger partial charge in [-0.05, 0) is 18.2 Å². The van der Waals surface area contributed by atoms with Gasteiger partial charge in [-0.25, -0.2) is 26.9 Å². The van der Waals surface area contributed by atoms with E-state index in [0.29, 0.717) is 6.07 Å². The molecule has 0 fully saturated rings. The summed E-state index contributed by atoms with van der Waals surface area (Å²) in [6.07, 6.45) is 1.28. The second-order valence-corrected chi connectivity index (χ2v) is 5.64. The molecule has 1 heterocycles. The van der Waals surface area contributed by atoms with Gasteiger partial charge in [0.25, 0.3) is 10.0 Å². The maximum absolute atomic E-state index is 13.4. The van der Waals surface area contributed by atoms with Crippen molar-refractivity contribution >= 4 is 15.7 Å². The van der Waals surface area contributed by atoms with Crippen molar-refractivity contribution in [2.75, 3.05) is 5.73 Å². The molecule has 5 nitrogen and oxygen atoms in total. The number of hydrogen-bond acceptors (Lipinski definition) is 4. The number of nitrogen functional groups attached to an aromatic ring is 1. The third-order valence-electron chi connectivity index (χ3n) is 2.52. The fourth-order valence-corrected chi connectivity index (χ4v) is 2.59. The Morgan fingerprint density at radius 2 is 2.00 bits per heavy atom. The molecule has 0 radical (unpaired) electrons. The van der Waals surface area contributed by atoms with Crippen LogP contribution in [0.5, 0.6) is 0 Å². The molecule has 3 N–H and O–H groups in total. The predicted molar refractivity (Wildman–Crippen MR) is 69.0 cm³/mol. The van der Waals surface area contributed by atoms with Gasteiger partial charge in [-0.2, -0.15) is 0 Å². The third-order valence-corrected chi connectivity index (χ3v) is 3.90. The molecule has 1 aromatic heterocycles. The highest BCUT2D eigenvalue weighted by atomic mass is 32.2. The van der Waals surface area contributed by atoms with E-state index in [1.54, 1.807) is 0 Å². The van der Waals surface area contributed by atoms with Gasteiger partial charge in [-0.15, -0.1) is 0 Å². The maximum Gasteiger partial charge on any atom is 0.260 e. The van der Waals surface area contributed by atoms with Crippen molar-refractivity contribution in [2.45, 2.75) is 11.6 Å². The molecule has 20 heavy (non-hydrogen) atoms. The molecular weight excluding hydrogens is 288 g/mol. The molecule has 0 aliphatic rings. The summed E-state index contributed by atoms with van der Waals surface area (Å²) in [4.78, 5) is 3.67. The fourth-order valence-electron chi connectivity index (χ4n) is 1.53. The highest BCUT2D eigenvalue weighted by Crippen LogP contribution is 2.15. The Morgan fingerprint density at radius 3 is 2.65 bits per heavy atom. The molecule has 0 atom stereocenters. The molecule has 0 saturated carbocycles. The number of nitrogens with one attached hydrogen (secondary N) is 1. The summed E-state index contributed by atoms with van der Waals surface area (Å²) in [7, 11) is -3.96. The van der Waals surface area contributed by atoms with E-state index in [4.69, 9.17) is 5.73 Å². The van der Waals surface area contributed by atoms with Crippen LogP contribution in [-0.4, -0.2) is 13.4 Å². The Balaban J connectivity index is 2.20. The Bertz CT molecular complexity index is 735. The van der Waals surface area contributed by atoms with E-state index >= 15 is 0 Å². The summed E-state index contributed by atoms with van der Waals surface area (Å²) in [6, 6.07) is 5.77. The Hall–Kier alpha value is -2.06. The lowest BCUT2D eigenvalue weighted by Crippen LogP contribution is -2.25. The highest BCUT2D eigenvalue weighted by molar-refractivity contribution is 7.89. The first kappa shape index (κ1) is 14.4. The number of sulfonamides is 1. The summed E-state index contributed by atoms with van der Waals surface area (Å²) < 4.78 is 52.2. The number of benzene rings is 1. The summed E-state index contributed by atoms with van der Waals surface area (Å²) in [5.41, 5.74) is 5.52. The van der Waals surface area contributed by atoms with E-state index in [0.717, 1.165) is 12.1 Å². The van der Waals surface area contributed by atoms with Gasteiger partial charge in [0.1, 0.15) is 11.6 Å². The molecule has 0 amide bonds. The average molecular weight is 299 g/mol. The number of pyridine rings is 1. The van der Waals surface area contributed by atoms with Crippen LogP contribution >= 0.6 is 0 Å². The minimum Gasteiger partial charge on any atom is -0.396 e. The van der Waals surface area contributed by atoms with Gasteiger partial charge in [-0.3, -0.25) is 0 Å². The van der Waals surface area contributed by atoms with Crippen LogP contribution in [0, 0.1) is 11.6 Å². The number of rotatable bonds is 4. The smallest absolute Gasteiger partial charge is 0.260 e. The van der Waals surface area contributed by atoms with Crippen LogP contribution in [0.15, 0.2) is 41.6 Å². The normalized spacial score (nSPS) is 11.5. The van der Waals surface area contributed by atoms with Gasteiger partial charge in [0, 0.05) is 24.4 Å². The Labute approximate surface area is 114 Å². The molecule has 0 saturated heterocycles. The third kappa shape index (κ3) is 3.09. The number of aromatic nitrogens is 1. The fraction of sp³-hybridized carbons (Fsp3) is 0.0833. The van der Waals surface area contributed by atoms with Crippen LogP contribution < -0.4 is 10.5 Å².